The Morgan fingerprint density at radius 1 is 1.19 bits per heavy atom. The lowest BCUT2D eigenvalue weighted by Gasteiger charge is -2.20. The number of nitrogens with zero attached hydrogens (tertiary/aromatic N) is 3. The molecule has 7 heteroatoms. The maximum atomic E-state index is 12.6. The lowest BCUT2D eigenvalue weighted by atomic mass is 9.87. The fourth-order valence-corrected chi connectivity index (χ4v) is 3.59. The molecule has 3 rings (SSSR count). The first kappa shape index (κ1) is 18.1. The average Bonchev–Trinajstić information content (AvgIpc) is 2.55. The molecular formula is C19H19N3O3S. The highest BCUT2D eigenvalue weighted by Gasteiger charge is 2.25. The minimum atomic E-state index is -0.673. The van der Waals surface area contributed by atoms with Crippen molar-refractivity contribution in [1.29, 1.82) is 0 Å². The normalized spacial score (nSPS) is 11.7. The van der Waals surface area contributed by atoms with E-state index in [0.29, 0.717) is 5.65 Å². The maximum Gasteiger partial charge on any atom is 0.366 e. The molecule has 1 aromatic carbocycles. The van der Waals surface area contributed by atoms with E-state index in [1.54, 1.807) is 18.2 Å². The molecule has 0 saturated heterocycles. The summed E-state index contributed by atoms with van der Waals surface area (Å²) in [5.74, 6) is 0. The molecule has 0 saturated carbocycles. The largest absolute Gasteiger partial charge is 0.366 e. The molecule has 2 heterocycles. The van der Waals surface area contributed by atoms with Gasteiger partial charge >= 0.3 is 11.2 Å². The summed E-state index contributed by atoms with van der Waals surface area (Å²) in [6.45, 7) is 8.26. The van der Waals surface area contributed by atoms with Crippen molar-refractivity contribution in [2.24, 2.45) is 0 Å². The van der Waals surface area contributed by atoms with Crippen LogP contribution in [0.2, 0.25) is 0 Å². The molecule has 26 heavy (non-hydrogen) atoms. The van der Waals surface area contributed by atoms with Crippen molar-refractivity contribution in [2.45, 2.75) is 43.0 Å². The van der Waals surface area contributed by atoms with E-state index in [4.69, 9.17) is 0 Å². The van der Waals surface area contributed by atoms with Gasteiger partial charge in [0.25, 0.3) is 0 Å². The van der Waals surface area contributed by atoms with Gasteiger partial charge < -0.3 is 0 Å². The molecule has 0 atom stereocenters. The van der Waals surface area contributed by atoms with Gasteiger partial charge in [0.05, 0.1) is 4.92 Å². The van der Waals surface area contributed by atoms with Crippen LogP contribution in [0.5, 0.6) is 0 Å². The number of aryl methyl sites for hydroxylation is 1. The van der Waals surface area contributed by atoms with Crippen LogP contribution in [-0.2, 0) is 5.41 Å². The van der Waals surface area contributed by atoms with Crippen LogP contribution in [0.15, 0.2) is 57.3 Å². The van der Waals surface area contributed by atoms with E-state index >= 15 is 0 Å². The molecule has 0 fully saturated rings. The first-order valence-electron chi connectivity index (χ1n) is 8.13. The quantitative estimate of drug-likeness (QED) is 0.389. The Morgan fingerprint density at radius 3 is 2.58 bits per heavy atom. The number of fused-ring (bicyclic) bond motifs is 1. The summed E-state index contributed by atoms with van der Waals surface area (Å²) < 4.78 is 1.20. The van der Waals surface area contributed by atoms with Crippen LogP contribution in [0.3, 0.4) is 0 Å². The van der Waals surface area contributed by atoms with Crippen LogP contribution in [0.4, 0.5) is 5.69 Å². The summed E-state index contributed by atoms with van der Waals surface area (Å²) >= 11 is 1.16. The molecule has 0 aliphatic carbocycles. The van der Waals surface area contributed by atoms with Gasteiger partial charge in [-0.25, -0.2) is 4.98 Å². The third-order valence-electron chi connectivity index (χ3n) is 4.12. The van der Waals surface area contributed by atoms with E-state index in [0.717, 1.165) is 27.8 Å². The topological polar surface area (TPSA) is 77.5 Å². The second-order valence-electron chi connectivity index (χ2n) is 7.09. The zero-order valence-electron chi connectivity index (χ0n) is 15.0. The van der Waals surface area contributed by atoms with Crippen LogP contribution in [0, 0.1) is 17.0 Å². The van der Waals surface area contributed by atoms with Crippen molar-refractivity contribution in [1.82, 2.24) is 9.38 Å². The van der Waals surface area contributed by atoms with Crippen LogP contribution in [0.25, 0.3) is 5.65 Å². The Bertz CT molecular complexity index is 1070. The standard InChI is InChI=1S/C19H19N3O3S/c1-12-8-9-13(19(2,3)4)11-14(12)26-17-16(22(24)25)18(23)21-10-6-5-7-15(21)20-17/h5-11H,1-4H3. The lowest BCUT2D eigenvalue weighted by molar-refractivity contribution is -0.389. The van der Waals surface area contributed by atoms with Gasteiger partial charge in [-0.1, -0.05) is 50.7 Å². The van der Waals surface area contributed by atoms with Crippen molar-refractivity contribution in [2.75, 3.05) is 0 Å². The summed E-state index contributed by atoms with van der Waals surface area (Å²) in [5.41, 5.74) is 1.26. The van der Waals surface area contributed by atoms with Crippen LogP contribution < -0.4 is 5.56 Å². The highest BCUT2D eigenvalue weighted by Crippen LogP contribution is 2.36. The molecule has 0 aliphatic heterocycles. The Kier molecular flexibility index (Phi) is 4.58. The van der Waals surface area contributed by atoms with Gasteiger partial charge in [-0.05, 0) is 41.7 Å². The van der Waals surface area contributed by atoms with Gasteiger partial charge in [0.1, 0.15) is 5.65 Å². The second-order valence-corrected chi connectivity index (χ2v) is 8.12. The van der Waals surface area contributed by atoms with Gasteiger partial charge in [-0.2, -0.15) is 0 Å². The van der Waals surface area contributed by atoms with Gasteiger partial charge in [0, 0.05) is 11.1 Å². The van der Waals surface area contributed by atoms with Crippen molar-refractivity contribution in [3.05, 3.63) is 74.2 Å². The predicted molar refractivity (Wildman–Crippen MR) is 102 cm³/mol. The van der Waals surface area contributed by atoms with E-state index in [1.807, 2.05) is 19.1 Å². The number of rotatable bonds is 3. The van der Waals surface area contributed by atoms with E-state index < -0.39 is 16.2 Å². The fourth-order valence-electron chi connectivity index (χ4n) is 2.57. The predicted octanol–water partition coefficient (Wildman–Crippen LogP) is 4.36. The Morgan fingerprint density at radius 2 is 1.92 bits per heavy atom. The van der Waals surface area contributed by atoms with E-state index in [1.165, 1.54) is 10.6 Å². The number of pyridine rings is 1. The van der Waals surface area contributed by atoms with Crippen molar-refractivity contribution >= 4 is 23.1 Å². The molecule has 6 nitrogen and oxygen atoms in total. The third-order valence-corrected chi connectivity index (χ3v) is 5.26. The first-order valence-corrected chi connectivity index (χ1v) is 8.95. The fraction of sp³-hybridized carbons (Fsp3) is 0.263. The number of hydrogen-bond donors (Lipinski definition) is 0. The highest BCUT2D eigenvalue weighted by molar-refractivity contribution is 7.99. The van der Waals surface area contributed by atoms with Crippen molar-refractivity contribution < 1.29 is 4.92 Å². The monoisotopic (exact) mass is 369 g/mol. The summed E-state index contributed by atoms with van der Waals surface area (Å²) in [5, 5.41) is 11.6. The molecule has 134 valence electrons. The molecular weight excluding hydrogens is 350 g/mol. The molecule has 0 unspecified atom stereocenters. The first-order chi connectivity index (χ1) is 12.2. The second kappa shape index (κ2) is 6.57. The van der Waals surface area contributed by atoms with Crippen LogP contribution >= 0.6 is 11.8 Å². The number of aromatic nitrogens is 2. The van der Waals surface area contributed by atoms with Gasteiger partial charge in [-0.3, -0.25) is 19.3 Å². The third kappa shape index (κ3) is 3.35. The Labute approximate surface area is 155 Å². The minimum Gasteiger partial charge on any atom is -0.262 e. The summed E-state index contributed by atoms with van der Waals surface area (Å²) in [6, 6.07) is 11.1. The lowest BCUT2D eigenvalue weighted by Crippen LogP contribution is -2.19. The van der Waals surface area contributed by atoms with Gasteiger partial charge in [0.2, 0.25) is 0 Å². The number of benzene rings is 1. The number of hydrogen-bond acceptors (Lipinski definition) is 5. The highest BCUT2D eigenvalue weighted by atomic mass is 32.2. The summed E-state index contributed by atoms with van der Waals surface area (Å²) in [6.07, 6.45) is 1.48. The molecule has 0 bridgehead atoms. The smallest absolute Gasteiger partial charge is 0.262 e. The zero-order chi connectivity index (χ0) is 19.1. The minimum absolute atomic E-state index is 0.0503. The number of nitro groups is 1. The Balaban J connectivity index is 2.19. The van der Waals surface area contributed by atoms with Crippen molar-refractivity contribution in [3.8, 4) is 0 Å². The maximum absolute atomic E-state index is 12.6. The molecule has 0 amide bonds. The van der Waals surface area contributed by atoms with E-state index in [2.05, 4.69) is 31.8 Å². The van der Waals surface area contributed by atoms with Crippen molar-refractivity contribution in [3.63, 3.8) is 0 Å². The van der Waals surface area contributed by atoms with E-state index in [9.17, 15) is 14.9 Å². The molecule has 0 radical (unpaired) electrons. The molecule has 0 N–H and O–H groups in total. The SMILES string of the molecule is Cc1ccc(C(C)(C)C)cc1Sc1nc2ccccn2c(=O)c1[N+](=O)[O-]. The molecule has 2 aromatic heterocycles. The van der Waals surface area contributed by atoms with Gasteiger partial charge in [0.15, 0.2) is 5.03 Å². The van der Waals surface area contributed by atoms with Crippen LogP contribution in [-0.4, -0.2) is 14.3 Å². The summed E-state index contributed by atoms with van der Waals surface area (Å²) in [4.78, 5) is 28.7. The van der Waals surface area contributed by atoms with Gasteiger partial charge in [-0.15, -0.1) is 0 Å². The van der Waals surface area contributed by atoms with Crippen LogP contribution in [0.1, 0.15) is 31.9 Å². The van der Waals surface area contributed by atoms with E-state index in [-0.39, 0.29) is 10.4 Å². The molecule has 3 aromatic rings. The summed E-state index contributed by atoms with van der Waals surface area (Å²) in [7, 11) is 0. The molecule has 0 aliphatic rings. The average molecular weight is 369 g/mol. The Hall–Kier alpha value is -2.67. The molecule has 0 spiro atoms. The zero-order valence-corrected chi connectivity index (χ0v) is 15.8.